The molecule has 0 fully saturated rings. The summed E-state index contributed by atoms with van der Waals surface area (Å²) in [6.45, 7) is 0.325. The Morgan fingerprint density at radius 3 is 2.61 bits per heavy atom. The van der Waals surface area contributed by atoms with Crippen molar-refractivity contribution in [3.8, 4) is 11.5 Å². The van der Waals surface area contributed by atoms with Crippen LogP contribution in [0.1, 0.15) is 5.69 Å². The van der Waals surface area contributed by atoms with Crippen molar-refractivity contribution in [2.24, 2.45) is 0 Å². The summed E-state index contributed by atoms with van der Waals surface area (Å²) >= 11 is 13.7. The number of thiazole rings is 1. The minimum atomic E-state index is 0.325. The number of hydrogen-bond donors (Lipinski definition) is 1. The summed E-state index contributed by atoms with van der Waals surface area (Å²) in [6, 6.07) is 8.96. The molecule has 2 aromatic carbocycles. The van der Waals surface area contributed by atoms with Crippen LogP contribution in [0.5, 0.6) is 11.5 Å². The van der Waals surface area contributed by atoms with Crippen LogP contribution in [-0.4, -0.2) is 36.2 Å². The van der Waals surface area contributed by atoms with Gasteiger partial charge in [0.2, 0.25) is 0 Å². The SMILES string of the molecule is COc1cc2c(Nc3ccc(Cl)c(Cl)c3)ncnc2cc1OCc1csc(N(C)C)n1. The van der Waals surface area contributed by atoms with Gasteiger partial charge in [0.1, 0.15) is 18.8 Å². The maximum Gasteiger partial charge on any atom is 0.185 e. The van der Waals surface area contributed by atoms with Gasteiger partial charge in [0.15, 0.2) is 16.6 Å². The molecular weight excluding hydrogens is 457 g/mol. The number of nitrogens with zero attached hydrogens (tertiary/aromatic N) is 4. The highest BCUT2D eigenvalue weighted by molar-refractivity contribution is 7.13. The Morgan fingerprint density at radius 2 is 1.90 bits per heavy atom. The van der Waals surface area contributed by atoms with Crippen molar-refractivity contribution in [1.29, 1.82) is 0 Å². The summed E-state index contributed by atoms with van der Waals surface area (Å²) in [5.41, 5.74) is 2.31. The molecule has 7 nitrogen and oxygen atoms in total. The minimum Gasteiger partial charge on any atom is -0.493 e. The Kier molecular flexibility index (Phi) is 6.31. The third-order valence-electron chi connectivity index (χ3n) is 4.40. The first-order valence-electron chi connectivity index (χ1n) is 9.24. The first kappa shape index (κ1) is 21.4. The van der Waals surface area contributed by atoms with Gasteiger partial charge in [-0.15, -0.1) is 11.3 Å². The molecule has 0 radical (unpaired) electrons. The Hall–Kier alpha value is -2.81. The van der Waals surface area contributed by atoms with Crippen LogP contribution in [0.3, 0.4) is 0 Å². The molecule has 0 aliphatic heterocycles. The molecule has 0 saturated carbocycles. The molecule has 160 valence electrons. The fourth-order valence-electron chi connectivity index (χ4n) is 2.87. The van der Waals surface area contributed by atoms with Crippen LogP contribution in [0.25, 0.3) is 10.9 Å². The Labute approximate surface area is 193 Å². The van der Waals surface area contributed by atoms with Gasteiger partial charge < -0.3 is 19.7 Å². The second kappa shape index (κ2) is 9.13. The van der Waals surface area contributed by atoms with E-state index in [1.54, 1.807) is 30.6 Å². The van der Waals surface area contributed by atoms with Crippen LogP contribution in [0.15, 0.2) is 42.0 Å². The van der Waals surface area contributed by atoms with Gasteiger partial charge in [-0.05, 0) is 24.3 Å². The van der Waals surface area contributed by atoms with Crippen LogP contribution in [0, 0.1) is 0 Å². The van der Waals surface area contributed by atoms with E-state index in [9.17, 15) is 0 Å². The van der Waals surface area contributed by atoms with Crippen LogP contribution >= 0.6 is 34.5 Å². The second-order valence-corrected chi connectivity index (χ2v) is 8.45. The third-order valence-corrected chi connectivity index (χ3v) is 6.20. The van der Waals surface area contributed by atoms with Gasteiger partial charge >= 0.3 is 0 Å². The number of hydrogen-bond acceptors (Lipinski definition) is 8. The van der Waals surface area contributed by atoms with Crippen molar-refractivity contribution in [2.75, 3.05) is 31.4 Å². The average molecular weight is 476 g/mol. The predicted molar refractivity (Wildman–Crippen MR) is 127 cm³/mol. The summed E-state index contributed by atoms with van der Waals surface area (Å²) in [4.78, 5) is 15.2. The third kappa shape index (κ3) is 4.76. The molecule has 0 aliphatic rings. The highest BCUT2D eigenvalue weighted by Crippen LogP contribution is 2.36. The van der Waals surface area contributed by atoms with E-state index in [-0.39, 0.29) is 0 Å². The maximum absolute atomic E-state index is 6.12. The van der Waals surface area contributed by atoms with Gasteiger partial charge in [0, 0.05) is 36.6 Å². The molecule has 4 aromatic rings. The number of nitrogens with one attached hydrogen (secondary N) is 1. The molecule has 2 heterocycles. The fourth-order valence-corrected chi connectivity index (χ4v) is 3.91. The molecule has 2 aromatic heterocycles. The van der Waals surface area contributed by atoms with Gasteiger partial charge in [0.05, 0.1) is 28.4 Å². The van der Waals surface area contributed by atoms with Crippen LogP contribution in [0.2, 0.25) is 10.0 Å². The molecule has 0 saturated heterocycles. The van der Waals surface area contributed by atoms with E-state index in [1.807, 2.05) is 42.6 Å². The summed E-state index contributed by atoms with van der Waals surface area (Å²) in [5.74, 6) is 1.76. The first-order chi connectivity index (χ1) is 14.9. The predicted octanol–water partition coefficient (Wildman–Crippen LogP) is 5.79. The molecule has 0 unspecified atom stereocenters. The summed E-state index contributed by atoms with van der Waals surface area (Å²) in [6.07, 6.45) is 1.49. The summed E-state index contributed by atoms with van der Waals surface area (Å²) < 4.78 is 11.5. The second-order valence-electron chi connectivity index (χ2n) is 6.80. The molecule has 0 bridgehead atoms. The average Bonchev–Trinajstić information content (AvgIpc) is 3.24. The number of benzene rings is 2. The zero-order valence-corrected chi connectivity index (χ0v) is 19.3. The van der Waals surface area contributed by atoms with E-state index in [0.717, 1.165) is 21.9 Å². The lowest BCUT2D eigenvalue weighted by molar-refractivity contribution is 0.282. The van der Waals surface area contributed by atoms with Crippen LogP contribution in [-0.2, 0) is 6.61 Å². The molecule has 4 rings (SSSR count). The monoisotopic (exact) mass is 475 g/mol. The molecule has 0 aliphatic carbocycles. The van der Waals surface area contributed by atoms with E-state index in [4.69, 9.17) is 32.7 Å². The van der Waals surface area contributed by atoms with E-state index < -0.39 is 0 Å². The van der Waals surface area contributed by atoms with Gasteiger partial charge in [-0.2, -0.15) is 0 Å². The number of methoxy groups -OCH3 is 1. The highest BCUT2D eigenvalue weighted by Gasteiger charge is 2.13. The zero-order valence-electron chi connectivity index (χ0n) is 17.0. The molecule has 31 heavy (non-hydrogen) atoms. The first-order valence-corrected chi connectivity index (χ1v) is 10.9. The van der Waals surface area contributed by atoms with Crippen LogP contribution in [0.4, 0.5) is 16.6 Å². The number of halogens is 2. The van der Waals surface area contributed by atoms with Crippen LogP contribution < -0.4 is 19.7 Å². The highest BCUT2D eigenvalue weighted by atomic mass is 35.5. The number of fused-ring (bicyclic) bond motifs is 1. The fraction of sp³-hybridized carbons (Fsp3) is 0.190. The number of ether oxygens (including phenoxy) is 2. The Bertz CT molecular complexity index is 1230. The lowest BCUT2D eigenvalue weighted by atomic mass is 10.2. The van der Waals surface area contributed by atoms with Gasteiger partial charge in [-0.25, -0.2) is 15.0 Å². The molecule has 1 N–H and O–H groups in total. The van der Waals surface area contributed by atoms with Crippen molar-refractivity contribution >= 4 is 62.1 Å². The molecule has 0 amide bonds. The molecular formula is C21H19Cl2N5O2S. The van der Waals surface area contributed by atoms with Crippen molar-refractivity contribution in [1.82, 2.24) is 15.0 Å². The van der Waals surface area contributed by atoms with Crippen molar-refractivity contribution in [2.45, 2.75) is 6.61 Å². The van der Waals surface area contributed by atoms with E-state index in [2.05, 4.69) is 20.3 Å². The van der Waals surface area contributed by atoms with Gasteiger partial charge in [-0.1, -0.05) is 23.2 Å². The zero-order chi connectivity index (χ0) is 22.0. The standard InChI is InChI=1S/C21H19Cl2N5O2S/c1-28(2)21-27-13(10-31-21)9-30-19-8-17-14(7-18(19)29-3)20(25-11-24-17)26-12-4-5-15(22)16(23)6-12/h4-8,10-11H,9H2,1-3H3,(H,24,25,26). The smallest absolute Gasteiger partial charge is 0.185 e. The summed E-state index contributed by atoms with van der Waals surface area (Å²) in [7, 11) is 5.51. The van der Waals surface area contributed by atoms with E-state index in [0.29, 0.717) is 39.5 Å². The number of aromatic nitrogens is 3. The Balaban J connectivity index is 1.62. The van der Waals surface area contributed by atoms with Crippen molar-refractivity contribution < 1.29 is 9.47 Å². The quantitative estimate of drug-likeness (QED) is 0.362. The van der Waals surface area contributed by atoms with Gasteiger partial charge in [0.25, 0.3) is 0 Å². The lowest BCUT2D eigenvalue weighted by Gasteiger charge is -2.13. The lowest BCUT2D eigenvalue weighted by Crippen LogP contribution is -2.08. The normalized spacial score (nSPS) is 10.9. The maximum atomic E-state index is 6.12. The van der Waals surface area contributed by atoms with Crippen molar-refractivity contribution in [3.05, 3.63) is 57.8 Å². The van der Waals surface area contributed by atoms with E-state index >= 15 is 0 Å². The topological polar surface area (TPSA) is 72.4 Å². The molecule has 0 spiro atoms. The molecule has 10 heteroatoms. The number of rotatable bonds is 7. The van der Waals surface area contributed by atoms with Gasteiger partial charge in [-0.3, -0.25) is 0 Å². The minimum absolute atomic E-state index is 0.325. The van der Waals surface area contributed by atoms with E-state index in [1.165, 1.54) is 6.33 Å². The Morgan fingerprint density at radius 1 is 1.06 bits per heavy atom. The van der Waals surface area contributed by atoms with Crippen molar-refractivity contribution in [3.63, 3.8) is 0 Å². The number of anilines is 3. The largest absolute Gasteiger partial charge is 0.493 e. The molecule has 0 atom stereocenters. The summed E-state index contributed by atoms with van der Waals surface area (Å²) in [5, 5.41) is 7.88.